The van der Waals surface area contributed by atoms with Crippen molar-refractivity contribution >= 4 is 21.6 Å². The van der Waals surface area contributed by atoms with Crippen LogP contribution in [0, 0.1) is 0 Å². The van der Waals surface area contributed by atoms with Crippen molar-refractivity contribution in [2.45, 2.75) is 12.5 Å². The Labute approximate surface area is 80.3 Å². The maximum Gasteiger partial charge on any atom is 0.0385 e. The van der Waals surface area contributed by atoms with Crippen LogP contribution < -0.4 is 11.1 Å². The van der Waals surface area contributed by atoms with E-state index in [4.69, 9.17) is 5.73 Å². The highest BCUT2D eigenvalue weighted by atomic mass is 79.9. The summed E-state index contributed by atoms with van der Waals surface area (Å²) in [5.41, 5.74) is 8.35. The Balaban J connectivity index is 2.43. The van der Waals surface area contributed by atoms with Crippen LogP contribution in [0.5, 0.6) is 0 Å². The maximum atomic E-state index is 5.84. The molecule has 0 radical (unpaired) electrons. The quantitative estimate of drug-likeness (QED) is 0.708. The topological polar surface area (TPSA) is 38.0 Å². The second-order valence-electron chi connectivity index (χ2n) is 3.11. The fourth-order valence-corrected chi connectivity index (χ4v) is 2.04. The molecule has 1 aromatic carbocycles. The van der Waals surface area contributed by atoms with E-state index < -0.39 is 0 Å². The van der Waals surface area contributed by atoms with Crippen molar-refractivity contribution in [2.24, 2.45) is 5.73 Å². The lowest BCUT2D eigenvalue weighted by molar-refractivity contribution is 0.677. The molecule has 0 unspecified atom stereocenters. The fraction of sp³-hybridized carbons (Fsp3) is 0.333. The van der Waals surface area contributed by atoms with Gasteiger partial charge in [-0.25, -0.2) is 0 Å². The number of fused-ring (bicyclic) bond motifs is 1. The lowest BCUT2D eigenvalue weighted by atomic mass is 10.0. The molecule has 0 saturated heterocycles. The van der Waals surface area contributed by atoms with Crippen molar-refractivity contribution in [3.8, 4) is 0 Å². The molecule has 1 aliphatic heterocycles. The summed E-state index contributed by atoms with van der Waals surface area (Å²) < 4.78 is 1.16. The monoisotopic (exact) mass is 226 g/mol. The molecule has 0 amide bonds. The first-order chi connectivity index (χ1) is 5.77. The van der Waals surface area contributed by atoms with Gasteiger partial charge in [-0.2, -0.15) is 0 Å². The molecule has 1 aromatic rings. The van der Waals surface area contributed by atoms with Gasteiger partial charge in [-0.15, -0.1) is 0 Å². The first-order valence-corrected chi connectivity index (χ1v) is 4.83. The third kappa shape index (κ3) is 1.34. The zero-order valence-corrected chi connectivity index (χ0v) is 8.26. The molecule has 0 aromatic heterocycles. The Morgan fingerprint density at radius 3 is 3.17 bits per heavy atom. The van der Waals surface area contributed by atoms with Gasteiger partial charge in [-0.1, -0.05) is 22.0 Å². The smallest absolute Gasteiger partial charge is 0.0385 e. The lowest BCUT2D eigenvalue weighted by Gasteiger charge is -2.23. The van der Waals surface area contributed by atoms with Crippen LogP contribution in [-0.4, -0.2) is 12.6 Å². The second-order valence-corrected chi connectivity index (χ2v) is 3.97. The number of halogens is 1. The minimum absolute atomic E-state index is 0.246. The molecule has 64 valence electrons. The molecule has 2 rings (SSSR count). The first kappa shape index (κ1) is 8.08. The van der Waals surface area contributed by atoms with Crippen LogP contribution in [0.1, 0.15) is 5.56 Å². The van der Waals surface area contributed by atoms with Crippen LogP contribution in [0.3, 0.4) is 0 Å². The summed E-state index contributed by atoms with van der Waals surface area (Å²) in [6, 6.07) is 6.42. The molecule has 2 nitrogen and oxygen atoms in total. The Bertz CT molecular complexity index is 299. The summed E-state index contributed by atoms with van der Waals surface area (Å²) in [5.74, 6) is 0. The van der Waals surface area contributed by atoms with Gasteiger partial charge in [0.15, 0.2) is 0 Å². The summed E-state index contributed by atoms with van der Waals surface area (Å²) in [4.78, 5) is 0. The van der Waals surface area contributed by atoms with Crippen LogP contribution >= 0.6 is 15.9 Å². The summed E-state index contributed by atoms with van der Waals surface area (Å²) in [6.07, 6.45) is 0.962. The number of hydrogen-bond acceptors (Lipinski definition) is 2. The van der Waals surface area contributed by atoms with E-state index in [0.29, 0.717) is 0 Å². The average molecular weight is 227 g/mol. The second kappa shape index (κ2) is 3.07. The van der Waals surface area contributed by atoms with Crippen LogP contribution in [0.4, 0.5) is 5.69 Å². The highest BCUT2D eigenvalue weighted by molar-refractivity contribution is 9.10. The SMILES string of the molecule is N[C@@H]1CNc2cccc(Br)c2C1. The summed E-state index contributed by atoms with van der Waals surface area (Å²) in [7, 11) is 0. The third-order valence-corrected chi connectivity index (χ3v) is 2.88. The molecule has 0 aliphatic carbocycles. The number of hydrogen-bond donors (Lipinski definition) is 2. The van der Waals surface area contributed by atoms with Gasteiger partial charge >= 0.3 is 0 Å². The normalized spacial score (nSPS) is 21.3. The summed E-state index contributed by atoms with van der Waals surface area (Å²) in [6.45, 7) is 0.878. The highest BCUT2D eigenvalue weighted by Crippen LogP contribution is 2.28. The maximum absolute atomic E-state index is 5.84. The summed E-state index contributed by atoms with van der Waals surface area (Å²) in [5, 5.41) is 3.30. The average Bonchev–Trinajstić information content (AvgIpc) is 2.07. The van der Waals surface area contributed by atoms with Gasteiger partial charge in [0.1, 0.15) is 0 Å². The lowest BCUT2D eigenvalue weighted by Crippen LogP contribution is -2.35. The van der Waals surface area contributed by atoms with Gasteiger partial charge in [0.2, 0.25) is 0 Å². The van der Waals surface area contributed by atoms with E-state index in [1.54, 1.807) is 0 Å². The van der Waals surface area contributed by atoms with Crippen LogP contribution in [0.25, 0.3) is 0 Å². The molecule has 3 N–H and O–H groups in total. The molecule has 0 spiro atoms. The van der Waals surface area contributed by atoms with Gasteiger partial charge in [-0.3, -0.25) is 0 Å². The van der Waals surface area contributed by atoms with E-state index in [2.05, 4.69) is 33.4 Å². The van der Waals surface area contributed by atoms with E-state index in [1.165, 1.54) is 11.3 Å². The number of nitrogens with one attached hydrogen (secondary N) is 1. The molecular weight excluding hydrogens is 216 g/mol. The number of benzene rings is 1. The molecule has 3 heteroatoms. The molecule has 1 atom stereocenters. The standard InChI is InChI=1S/C9H11BrN2/c10-8-2-1-3-9-7(8)4-6(11)5-12-9/h1-3,6,12H,4-5,11H2/t6-/m0/s1. The van der Waals surface area contributed by atoms with Crippen molar-refractivity contribution < 1.29 is 0 Å². The Hall–Kier alpha value is -0.540. The van der Waals surface area contributed by atoms with Crippen LogP contribution in [0.2, 0.25) is 0 Å². The van der Waals surface area contributed by atoms with E-state index in [9.17, 15) is 0 Å². The van der Waals surface area contributed by atoms with Crippen molar-refractivity contribution in [2.75, 3.05) is 11.9 Å². The first-order valence-electron chi connectivity index (χ1n) is 4.04. The largest absolute Gasteiger partial charge is 0.383 e. The molecule has 0 bridgehead atoms. The molecule has 12 heavy (non-hydrogen) atoms. The van der Waals surface area contributed by atoms with Gasteiger partial charge in [0.05, 0.1) is 0 Å². The van der Waals surface area contributed by atoms with Crippen molar-refractivity contribution in [1.29, 1.82) is 0 Å². The van der Waals surface area contributed by atoms with Crippen molar-refractivity contribution in [3.63, 3.8) is 0 Å². The van der Waals surface area contributed by atoms with Gasteiger partial charge in [0.25, 0.3) is 0 Å². The third-order valence-electron chi connectivity index (χ3n) is 2.14. The number of anilines is 1. The molecule has 1 aliphatic rings. The van der Waals surface area contributed by atoms with E-state index in [-0.39, 0.29) is 6.04 Å². The van der Waals surface area contributed by atoms with Gasteiger partial charge in [-0.05, 0) is 24.1 Å². The Kier molecular flexibility index (Phi) is 2.07. The Morgan fingerprint density at radius 2 is 2.33 bits per heavy atom. The zero-order valence-electron chi connectivity index (χ0n) is 6.68. The van der Waals surface area contributed by atoms with Gasteiger partial charge < -0.3 is 11.1 Å². The molecule has 0 saturated carbocycles. The van der Waals surface area contributed by atoms with Crippen molar-refractivity contribution in [3.05, 3.63) is 28.2 Å². The van der Waals surface area contributed by atoms with E-state index >= 15 is 0 Å². The van der Waals surface area contributed by atoms with Crippen molar-refractivity contribution in [1.82, 2.24) is 0 Å². The minimum Gasteiger partial charge on any atom is -0.383 e. The van der Waals surface area contributed by atoms with Gasteiger partial charge in [0, 0.05) is 22.7 Å². The molecular formula is C9H11BrN2. The molecule has 1 heterocycles. The zero-order chi connectivity index (χ0) is 8.55. The number of nitrogens with two attached hydrogens (primary N) is 1. The number of rotatable bonds is 0. The summed E-state index contributed by atoms with van der Waals surface area (Å²) >= 11 is 3.51. The van der Waals surface area contributed by atoms with Crippen LogP contribution in [0.15, 0.2) is 22.7 Å². The molecule has 0 fully saturated rings. The van der Waals surface area contributed by atoms with E-state index in [1.807, 2.05) is 6.07 Å². The predicted molar refractivity (Wildman–Crippen MR) is 54.3 cm³/mol. The fourth-order valence-electron chi connectivity index (χ4n) is 1.51. The Morgan fingerprint density at radius 1 is 1.50 bits per heavy atom. The highest BCUT2D eigenvalue weighted by Gasteiger charge is 2.16. The predicted octanol–water partition coefficient (Wildman–Crippen LogP) is 1.74. The minimum atomic E-state index is 0.246. The van der Waals surface area contributed by atoms with Crippen LogP contribution in [-0.2, 0) is 6.42 Å². The van der Waals surface area contributed by atoms with E-state index in [0.717, 1.165) is 17.4 Å².